The Bertz CT molecular complexity index is 3430. The van der Waals surface area contributed by atoms with E-state index in [4.69, 9.17) is 0 Å². The van der Waals surface area contributed by atoms with Crippen molar-refractivity contribution in [2.24, 2.45) is 0 Å². The third-order valence-corrected chi connectivity index (χ3v) is 14.6. The summed E-state index contributed by atoms with van der Waals surface area (Å²) in [4.78, 5) is 0. The molecule has 0 aliphatic heterocycles. The first kappa shape index (κ1) is 39.3. The van der Waals surface area contributed by atoms with Crippen molar-refractivity contribution in [2.75, 3.05) is 0 Å². The molecule has 2 aliphatic rings. The molecule has 0 atom stereocenters. The fraction of sp³-hybridized carbons (Fsp3) is 0.133. The van der Waals surface area contributed by atoms with E-state index in [9.17, 15) is 20.4 Å². The maximum atomic E-state index is 11.8. The second-order valence-electron chi connectivity index (χ2n) is 18.3. The number of benzene rings is 10. The number of phenols is 4. The van der Waals surface area contributed by atoms with Gasteiger partial charge in [-0.1, -0.05) is 133 Å². The highest BCUT2D eigenvalue weighted by Crippen LogP contribution is 2.53. The van der Waals surface area contributed by atoms with Gasteiger partial charge in [-0.2, -0.15) is 0 Å². The number of hydrogen-bond donors (Lipinski definition) is 4. The molecule has 0 radical (unpaired) electrons. The monoisotopic (exact) mass is 832 g/mol. The van der Waals surface area contributed by atoms with E-state index >= 15 is 0 Å². The zero-order valence-electron chi connectivity index (χ0n) is 36.4. The van der Waals surface area contributed by atoms with Crippen LogP contribution in [0, 0.1) is 13.8 Å². The highest BCUT2D eigenvalue weighted by molar-refractivity contribution is 5.95. The Hall–Kier alpha value is -7.56. The molecule has 10 aromatic carbocycles. The number of aryl methyl sites for hydroxylation is 2. The fourth-order valence-electron chi connectivity index (χ4n) is 11.1. The van der Waals surface area contributed by atoms with E-state index < -0.39 is 10.8 Å². The molecule has 4 N–H and O–H groups in total. The molecule has 12 rings (SSSR count). The zero-order chi connectivity index (χ0) is 44.1. The van der Waals surface area contributed by atoms with Crippen LogP contribution in [0.4, 0.5) is 0 Å². The molecule has 0 heterocycles. The minimum absolute atomic E-state index is 0.243. The largest absolute Gasteiger partial charge is 0.508 e. The van der Waals surface area contributed by atoms with Gasteiger partial charge in [0.15, 0.2) is 0 Å². The van der Waals surface area contributed by atoms with Crippen LogP contribution in [0.25, 0.3) is 43.1 Å². The second kappa shape index (κ2) is 14.5. The van der Waals surface area contributed by atoms with Crippen LogP contribution in [-0.2, 0) is 23.7 Å². The minimum atomic E-state index is -0.555. The Kier molecular flexibility index (Phi) is 8.91. The van der Waals surface area contributed by atoms with E-state index in [1.54, 1.807) is 12.1 Å². The molecule has 0 fully saturated rings. The van der Waals surface area contributed by atoms with Crippen molar-refractivity contribution in [1.29, 1.82) is 0 Å². The molecule has 10 aromatic rings. The molecule has 0 saturated heterocycles. The standard InChI is InChI=1S/C34H26O2.C26H22O2/c1-20-13-28-25(19-32(20)35)11-12-29(33(28)36)34(2)30-17-23-9-5-3-7-21(23)14-26(30)16-27-15-22-8-4-6-10-24(22)18-31(27)34;1-16-13-20-17(15-24(16)27)11-12-23(25(20)28)26(2)21-9-5-3-7-18(21)14-19-8-4-6-10-22(19)26/h3-15,17-19,35-36H,16H2,1-2H3;3-13,15,27-28H,14H2,1-2H3. The van der Waals surface area contributed by atoms with Crippen LogP contribution in [0.1, 0.15) is 80.6 Å². The highest BCUT2D eigenvalue weighted by Gasteiger charge is 2.42. The molecule has 0 amide bonds. The van der Waals surface area contributed by atoms with Crippen LogP contribution in [0.15, 0.2) is 170 Å². The Labute approximate surface area is 373 Å². The summed E-state index contributed by atoms with van der Waals surface area (Å²) in [7, 11) is 0. The third kappa shape index (κ3) is 5.89. The molecule has 0 unspecified atom stereocenters. The van der Waals surface area contributed by atoms with Crippen molar-refractivity contribution in [2.45, 2.75) is 51.4 Å². The van der Waals surface area contributed by atoms with Gasteiger partial charge in [-0.3, -0.25) is 0 Å². The second-order valence-corrected chi connectivity index (χ2v) is 18.3. The highest BCUT2D eigenvalue weighted by atomic mass is 16.3. The molecule has 4 heteroatoms. The van der Waals surface area contributed by atoms with Crippen LogP contribution in [-0.4, -0.2) is 20.4 Å². The van der Waals surface area contributed by atoms with Gasteiger partial charge in [0, 0.05) is 32.7 Å². The normalized spacial score (nSPS) is 14.3. The molecular weight excluding hydrogens is 785 g/mol. The quantitative estimate of drug-likeness (QED) is 0.140. The Morgan fingerprint density at radius 3 is 1.12 bits per heavy atom. The molecule has 0 aromatic heterocycles. The van der Waals surface area contributed by atoms with E-state index in [0.29, 0.717) is 0 Å². The van der Waals surface area contributed by atoms with E-state index in [-0.39, 0.29) is 23.0 Å². The number of aromatic hydroxyl groups is 4. The first-order valence-corrected chi connectivity index (χ1v) is 22.1. The lowest BCUT2D eigenvalue weighted by atomic mass is 9.63. The van der Waals surface area contributed by atoms with Crippen molar-refractivity contribution in [3.63, 3.8) is 0 Å². The molecule has 0 spiro atoms. The minimum Gasteiger partial charge on any atom is -0.508 e. The van der Waals surface area contributed by atoms with Gasteiger partial charge in [0.1, 0.15) is 23.0 Å². The summed E-state index contributed by atoms with van der Waals surface area (Å²) >= 11 is 0. The summed E-state index contributed by atoms with van der Waals surface area (Å²) < 4.78 is 0. The smallest absolute Gasteiger partial charge is 0.127 e. The summed E-state index contributed by atoms with van der Waals surface area (Å²) in [6, 6.07) is 58.6. The van der Waals surface area contributed by atoms with Crippen molar-refractivity contribution < 1.29 is 20.4 Å². The van der Waals surface area contributed by atoms with E-state index in [2.05, 4.69) is 135 Å². The van der Waals surface area contributed by atoms with Crippen molar-refractivity contribution in [3.05, 3.63) is 237 Å². The predicted octanol–water partition coefficient (Wildman–Crippen LogP) is 13.9. The summed E-state index contributed by atoms with van der Waals surface area (Å²) in [6.45, 7) is 8.18. The predicted molar refractivity (Wildman–Crippen MR) is 262 cm³/mol. The van der Waals surface area contributed by atoms with Gasteiger partial charge in [0.25, 0.3) is 0 Å². The molecule has 64 heavy (non-hydrogen) atoms. The van der Waals surface area contributed by atoms with Gasteiger partial charge in [0.2, 0.25) is 0 Å². The number of fused-ring (bicyclic) bond motifs is 8. The van der Waals surface area contributed by atoms with E-state index in [1.807, 2.05) is 50.2 Å². The molecule has 0 bridgehead atoms. The lowest BCUT2D eigenvalue weighted by Crippen LogP contribution is -2.32. The fourth-order valence-corrected chi connectivity index (χ4v) is 11.1. The Morgan fingerprint density at radius 1 is 0.328 bits per heavy atom. The summed E-state index contributed by atoms with van der Waals surface area (Å²) in [5.74, 6) is 1.05. The number of phenolic OH excluding ortho intramolecular Hbond substituents is 4. The Balaban J connectivity index is 0.000000147. The van der Waals surface area contributed by atoms with E-state index in [0.717, 1.165) is 56.6 Å². The lowest BCUT2D eigenvalue weighted by molar-refractivity contribution is 0.460. The van der Waals surface area contributed by atoms with Gasteiger partial charge in [0.05, 0.1) is 0 Å². The van der Waals surface area contributed by atoms with Gasteiger partial charge in [-0.15, -0.1) is 0 Å². The van der Waals surface area contributed by atoms with Crippen molar-refractivity contribution in [3.8, 4) is 23.0 Å². The zero-order valence-corrected chi connectivity index (χ0v) is 36.4. The summed E-state index contributed by atoms with van der Waals surface area (Å²) in [5.41, 5.74) is 12.4. The summed E-state index contributed by atoms with van der Waals surface area (Å²) in [5, 5.41) is 51.5. The van der Waals surface area contributed by atoms with Crippen LogP contribution >= 0.6 is 0 Å². The number of rotatable bonds is 2. The van der Waals surface area contributed by atoms with Crippen LogP contribution in [0.5, 0.6) is 23.0 Å². The van der Waals surface area contributed by atoms with Crippen molar-refractivity contribution in [1.82, 2.24) is 0 Å². The Morgan fingerprint density at radius 2 is 0.688 bits per heavy atom. The van der Waals surface area contributed by atoms with Gasteiger partial charge in [-0.05, 0) is 165 Å². The number of hydrogen-bond acceptors (Lipinski definition) is 4. The van der Waals surface area contributed by atoms with Crippen LogP contribution in [0.3, 0.4) is 0 Å². The van der Waals surface area contributed by atoms with Gasteiger partial charge >= 0.3 is 0 Å². The summed E-state index contributed by atoms with van der Waals surface area (Å²) in [6.07, 6.45) is 1.76. The van der Waals surface area contributed by atoms with Crippen LogP contribution in [0.2, 0.25) is 0 Å². The van der Waals surface area contributed by atoms with Crippen molar-refractivity contribution >= 4 is 43.1 Å². The molecular formula is C60H48O4. The average Bonchev–Trinajstić information content (AvgIpc) is 3.30. The average molecular weight is 833 g/mol. The SMILES string of the molecule is Cc1cc2c(O)c(C3(C)c4cc5ccccc5cc4Cc4cc5ccccc5cc43)ccc2cc1O.Cc1cc2c(O)c(C3(C)c4ccccc4Cc4ccccc43)ccc2cc1O. The molecule has 0 saturated carbocycles. The first-order valence-electron chi connectivity index (χ1n) is 22.1. The molecule has 312 valence electrons. The van der Waals surface area contributed by atoms with Gasteiger partial charge in [-0.25, -0.2) is 0 Å². The topological polar surface area (TPSA) is 80.9 Å². The molecule has 2 aliphatic carbocycles. The first-order chi connectivity index (χ1) is 30.9. The third-order valence-electron chi connectivity index (χ3n) is 14.6. The molecule has 4 nitrogen and oxygen atoms in total. The maximum absolute atomic E-state index is 11.8. The lowest BCUT2D eigenvalue weighted by Gasteiger charge is -2.40. The maximum Gasteiger partial charge on any atom is 0.127 e. The van der Waals surface area contributed by atoms with Crippen LogP contribution < -0.4 is 0 Å². The van der Waals surface area contributed by atoms with E-state index in [1.165, 1.54) is 66.1 Å². The van der Waals surface area contributed by atoms with Gasteiger partial charge < -0.3 is 20.4 Å².